The van der Waals surface area contributed by atoms with Crippen LogP contribution in [-0.4, -0.2) is 6.10 Å². The Bertz CT molecular complexity index is 368. The molecule has 74 valence electrons. The highest BCUT2D eigenvalue weighted by Gasteiger charge is 2.24. The van der Waals surface area contributed by atoms with E-state index in [0.29, 0.717) is 6.10 Å². The molecular weight excluding hydrogens is 172 g/mol. The van der Waals surface area contributed by atoms with E-state index in [4.69, 9.17) is 4.74 Å². The minimum atomic E-state index is 0.387. The lowest BCUT2D eigenvalue weighted by Gasteiger charge is -2.17. The van der Waals surface area contributed by atoms with Gasteiger partial charge in [-0.2, -0.15) is 0 Å². The maximum absolute atomic E-state index is 5.77. The molecule has 1 heteroatoms. The van der Waals surface area contributed by atoms with E-state index in [1.165, 1.54) is 31.2 Å². The Morgan fingerprint density at radius 3 is 2.93 bits per heavy atom. The molecule has 0 radical (unpaired) electrons. The van der Waals surface area contributed by atoms with Gasteiger partial charge in [-0.25, -0.2) is 0 Å². The van der Waals surface area contributed by atoms with Crippen molar-refractivity contribution in [2.75, 3.05) is 0 Å². The van der Waals surface area contributed by atoms with Crippen LogP contribution in [0.3, 0.4) is 0 Å². The number of aryl methyl sites for hydroxylation is 1. The predicted molar refractivity (Wildman–Crippen MR) is 56.9 cm³/mol. The van der Waals surface area contributed by atoms with Gasteiger partial charge in [0.15, 0.2) is 0 Å². The maximum atomic E-state index is 5.77. The number of rotatable bonds is 0. The summed E-state index contributed by atoms with van der Waals surface area (Å²) in [5.74, 6) is 1.15. The number of fused-ring (bicyclic) bond motifs is 3. The monoisotopic (exact) mass is 188 g/mol. The van der Waals surface area contributed by atoms with Gasteiger partial charge >= 0.3 is 0 Å². The average molecular weight is 188 g/mol. The molecule has 1 aromatic carbocycles. The minimum Gasteiger partial charge on any atom is -0.490 e. The third kappa shape index (κ3) is 1.15. The molecule has 0 amide bonds. The van der Waals surface area contributed by atoms with Gasteiger partial charge in [-0.1, -0.05) is 6.07 Å². The second-order valence-corrected chi connectivity index (χ2v) is 4.52. The van der Waals surface area contributed by atoms with Crippen molar-refractivity contribution < 1.29 is 4.74 Å². The van der Waals surface area contributed by atoms with Crippen molar-refractivity contribution in [2.24, 2.45) is 0 Å². The second kappa shape index (κ2) is 3.01. The molecule has 1 aromatic rings. The molecule has 1 aliphatic carbocycles. The van der Waals surface area contributed by atoms with Crippen LogP contribution in [0.1, 0.15) is 36.5 Å². The van der Waals surface area contributed by atoms with E-state index in [1.54, 1.807) is 11.1 Å². The maximum Gasteiger partial charge on any atom is 0.123 e. The van der Waals surface area contributed by atoms with Gasteiger partial charge in [0.05, 0.1) is 0 Å². The Morgan fingerprint density at radius 1 is 1.14 bits per heavy atom. The molecule has 0 saturated carbocycles. The van der Waals surface area contributed by atoms with E-state index >= 15 is 0 Å². The van der Waals surface area contributed by atoms with Crippen molar-refractivity contribution >= 4 is 0 Å². The van der Waals surface area contributed by atoms with Gasteiger partial charge in [0.1, 0.15) is 11.9 Å². The molecule has 1 atom stereocenters. The number of benzene rings is 1. The molecule has 0 fully saturated rings. The number of hydrogen-bond donors (Lipinski definition) is 0. The fraction of sp³-hybridized carbons (Fsp3) is 0.538. The lowest BCUT2D eigenvalue weighted by atomic mass is 9.87. The number of ether oxygens (including phenoxy) is 1. The molecule has 1 nitrogen and oxygen atoms in total. The normalized spacial score (nSPS) is 23.9. The molecular formula is C13H16O. The molecule has 0 saturated heterocycles. The van der Waals surface area contributed by atoms with Crippen LogP contribution in [-0.2, 0) is 19.3 Å². The van der Waals surface area contributed by atoms with Crippen LogP contribution in [0.5, 0.6) is 5.75 Å². The van der Waals surface area contributed by atoms with Gasteiger partial charge in [-0.3, -0.25) is 0 Å². The zero-order valence-corrected chi connectivity index (χ0v) is 8.68. The van der Waals surface area contributed by atoms with Gasteiger partial charge < -0.3 is 4.74 Å². The standard InChI is InChI=1S/C13H16O/c1-9-8-12-11-5-3-2-4-10(11)6-7-13(12)14-9/h6-7,9H,2-5,8H2,1H3/t9-/m0/s1. The molecule has 0 unspecified atom stereocenters. The van der Waals surface area contributed by atoms with E-state index in [-0.39, 0.29) is 0 Å². The van der Waals surface area contributed by atoms with Crippen molar-refractivity contribution in [1.29, 1.82) is 0 Å². The summed E-state index contributed by atoms with van der Waals surface area (Å²) < 4.78 is 5.77. The van der Waals surface area contributed by atoms with E-state index < -0.39 is 0 Å². The summed E-state index contributed by atoms with van der Waals surface area (Å²) in [7, 11) is 0. The zero-order valence-electron chi connectivity index (χ0n) is 8.68. The van der Waals surface area contributed by atoms with E-state index in [9.17, 15) is 0 Å². The topological polar surface area (TPSA) is 9.23 Å². The molecule has 14 heavy (non-hydrogen) atoms. The summed E-state index contributed by atoms with van der Waals surface area (Å²) in [6.45, 7) is 2.16. The quantitative estimate of drug-likeness (QED) is 0.608. The van der Waals surface area contributed by atoms with Crippen molar-refractivity contribution in [3.8, 4) is 5.75 Å². The molecule has 3 rings (SSSR count). The third-order valence-electron chi connectivity index (χ3n) is 3.43. The first-order valence-electron chi connectivity index (χ1n) is 5.65. The van der Waals surface area contributed by atoms with Crippen LogP contribution in [0.15, 0.2) is 12.1 Å². The Labute approximate surface area is 85.1 Å². The molecule has 0 spiro atoms. The summed E-state index contributed by atoms with van der Waals surface area (Å²) >= 11 is 0. The zero-order chi connectivity index (χ0) is 9.54. The smallest absolute Gasteiger partial charge is 0.123 e. The fourth-order valence-electron chi connectivity index (χ4n) is 2.76. The molecule has 1 heterocycles. The van der Waals surface area contributed by atoms with E-state index in [1.807, 2.05) is 0 Å². The van der Waals surface area contributed by atoms with Crippen LogP contribution in [0.25, 0.3) is 0 Å². The summed E-state index contributed by atoms with van der Waals surface area (Å²) in [5.41, 5.74) is 4.69. The Kier molecular flexibility index (Phi) is 1.79. The number of hydrogen-bond acceptors (Lipinski definition) is 1. The van der Waals surface area contributed by atoms with Crippen molar-refractivity contribution in [1.82, 2.24) is 0 Å². The molecule has 0 aromatic heterocycles. The van der Waals surface area contributed by atoms with Crippen LogP contribution in [0, 0.1) is 0 Å². The largest absolute Gasteiger partial charge is 0.490 e. The molecule has 2 aliphatic rings. The summed E-state index contributed by atoms with van der Waals surface area (Å²) in [6.07, 6.45) is 6.78. The molecule has 0 bridgehead atoms. The van der Waals surface area contributed by atoms with Crippen LogP contribution in [0.4, 0.5) is 0 Å². The minimum absolute atomic E-state index is 0.387. The van der Waals surface area contributed by atoms with Crippen molar-refractivity contribution in [3.05, 3.63) is 28.8 Å². The molecule has 1 aliphatic heterocycles. The fourth-order valence-corrected chi connectivity index (χ4v) is 2.76. The highest BCUT2D eigenvalue weighted by molar-refractivity contribution is 5.48. The summed E-state index contributed by atoms with van der Waals surface area (Å²) in [6, 6.07) is 4.44. The summed E-state index contributed by atoms with van der Waals surface area (Å²) in [4.78, 5) is 0. The third-order valence-corrected chi connectivity index (χ3v) is 3.43. The summed E-state index contributed by atoms with van der Waals surface area (Å²) in [5, 5.41) is 0. The highest BCUT2D eigenvalue weighted by atomic mass is 16.5. The van der Waals surface area contributed by atoms with Gasteiger partial charge in [0.2, 0.25) is 0 Å². The lowest BCUT2D eigenvalue weighted by molar-refractivity contribution is 0.254. The van der Waals surface area contributed by atoms with Crippen molar-refractivity contribution in [2.45, 2.75) is 45.1 Å². The van der Waals surface area contributed by atoms with Crippen molar-refractivity contribution in [3.63, 3.8) is 0 Å². The second-order valence-electron chi connectivity index (χ2n) is 4.52. The van der Waals surface area contributed by atoms with E-state index in [0.717, 1.165) is 12.2 Å². The Balaban J connectivity index is 2.11. The van der Waals surface area contributed by atoms with Crippen LogP contribution >= 0.6 is 0 Å². The first kappa shape index (κ1) is 8.34. The van der Waals surface area contributed by atoms with Gasteiger partial charge in [-0.05, 0) is 49.8 Å². The van der Waals surface area contributed by atoms with Gasteiger partial charge in [-0.15, -0.1) is 0 Å². The van der Waals surface area contributed by atoms with Gasteiger partial charge in [0, 0.05) is 12.0 Å². The average Bonchev–Trinajstić information content (AvgIpc) is 2.59. The SMILES string of the molecule is C[C@H]1Cc2c(ccc3c2CCCC3)O1. The Hall–Kier alpha value is -0.980. The molecule has 0 N–H and O–H groups in total. The van der Waals surface area contributed by atoms with E-state index in [2.05, 4.69) is 19.1 Å². The first-order valence-corrected chi connectivity index (χ1v) is 5.65. The lowest BCUT2D eigenvalue weighted by Crippen LogP contribution is -2.07. The van der Waals surface area contributed by atoms with Gasteiger partial charge in [0.25, 0.3) is 0 Å². The highest BCUT2D eigenvalue weighted by Crippen LogP contribution is 2.36. The van der Waals surface area contributed by atoms with Crippen LogP contribution in [0.2, 0.25) is 0 Å². The first-order chi connectivity index (χ1) is 6.84. The van der Waals surface area contributed by atoms with Crippen LogP contribution < -0.4 is 4.74 Å². The Morgan fingerprint density at radius 2 is 2.00 bits per heavy atom. The predicted octanol–water partition coefficient (Wildman–Crippen LogP) is 2.89.